The highest BCUT2D eigenvalue weighted by Crippen LogP contribution is 2.19. The Balaban J connectivity index is 1.76. The monoisotopic (exact) mass is 296 g/mol. The number of ether oxygens (including phenoxy) is 2. The van der Waals surface area contributed by atoms with Crippen LogP contribution >= 0.6 is 0 Å². The molecule has 0 unspecified atom stereocenters. The number of rotatable bonds is 6. The maximum absolute atomic E-state index is 13.5. The van der Waals surface area contributed by atoms with E-state index >= 15 is 0 Å². The van der Waals surface area contributed by atoms with Crippen molar-refractivity contribution in [3.8, 4) is 5.75 Å². The molecule has 2 atom stereocenters. The Bertz CT molecular complexity index is 496. The molecule has 1 saturated heterocycles. The van der Waals surface area contributed by atoms with Crippen LogP contribution in [0.2, 0.25) is 0 Å². The van der Waals surface area contributed by atoms with Crippen LogP contribution < -0.4 is 15.8 Å². The van der Waals surface area contributed by atoms with Crippen LogP contribution in [0.1, 0.15) is 18.4 Å². The average molecular weight is 296 g/mol. The second kappa shape index (κ2) is 7.38. The van der Waals surface area contributed by atoms with E-state index in [1.165, 1.54) is 13.2 Å². The molecule has 1 aliphatic rings. The van der Waals surface area contributed by atoms with Crippen molar-refractivity contribution in [2.24, 2.45) is 5.73 Å². The first-order valence-corrected chi connectivity index (χ1v) is 7.09. The van der Waals surface area contributed by atoms with E-state index in [0.29, 0.717) is 25.9 Å². The molecule has 1 aliphatic heterocycles. The van der Waals surface area contributed by atoms with E-state index in [1.807, 2.05) is 0 Å². The first-order valence-electron chi connectivity index (χ1n) is 7.09. The van der Waals surface area contributed by atoms with Crippen molar-refractivity contribution in [1.82, 2.24) is 5.32 Å². The Kier molecular flexibility index (Phi) is 5.52. The van der Waals surface area contributed by atoms with Crippen LogP contribution in [0.25, 0.3) is 0 Å². The summed E-state index contributed by atoms with van der Waals surface area (Å²) in [5.74, 6) is -0.304. The second-order valence-electron chi connectivity index (χ2n) is 5.07. The SMILES string of the molecule is COc1ccc(CCNC(=O)[C@@H]2CC[C@H](CN)O2)cc1F. The van der Waals surface area contributed by atoms with Crippen LogP contribution in [0.4, 0.5) is 4.39 Å². The van der Waals surface area contributed by atoms with E-state index in [9.17, 15) is 9.18 Å². The maximum Gasteiger partial charge on any atom is 0.249 e. The summed E-state index contributed by atoms with van der Waals surface area (Å²) in [6.45, 7) is 0.882. The Hall–Kier alpha value is -1.66. The fourth-order valence-electron chi connectivity index (χ4n) is 2.38. The molecule has 3 N–H and O–H groups in total. The quantitative estimate of drug-likeness (QED) is 0.821. The van der Waals surface area contributed by atoms with Crippen LogP contribution in [-0.2, 0) is 16.0 Å². The summed E-state index contributed by atoms with van der Waals surface area (Å²) in [6, 6.07) is 4.78. The van der Waals surface area contributed by atoms with E-state index < -0.39 is 11.9 Å². The summed E-state index contributed by atoms with van der Waals surface area (Å²) in [6.07, 6.45) is 1.64. The van der Waals surface area contributed by atoms with Crippen LogP contribution in [0.3, 0.4) is 0 Å². The Labute approximate surface area is 123 Å². The van der Waals surface area contributed by atoms with Gasteiger partial charge in [0.1, 0.15) is 6.10 Å². The van der Waals surface area contributed by atoms with Crippen molar-refractivity contribution in [3.63, 3.8) is 0 Å². The number of hydrogen-bond donors (Lipinski definition) is 2. The molecule has 1 heterocycles. The minimum Gasteiger partial charge on any atom is -0.494 e. The number of carbonyl (C=O) groups excluding carboxylic acids is 1. The van der Waals surface area contributed by atoms with Crippen molar-refractivity contribution in [2.45, 2.75) is 31.5 Å². The van der Waals surface area contributed by atoms with Gasteiger partial charge in [0.25, 0.3) is 0 Å². The van der Waals surface area contributed by atoms with E-state index in [2.05, 4.69) is 5.32 Å². The van der Waals surface area contributed by atoms with Gasteiger partial charge in [-0.05, 0) is 37.0 Å². The molecule has 21 heavy (non-hydrogen) atoms. The van der Waals surface area contributed by atoms with Crippen molar-refractivity contribution >= 4 is 5.91 Å². The number of benzene rings is 1. The summed E-state index contributed by atoms with van der Waals surface area (Å²) in [7, 11) is 1.43. The molecule has 6 heteroatoms. The zero-order chi connectivity index (χ0) is 15.2. The largest absolute Gasteiger partial charge is 0.494 e. The van der Waals surface area contributed by atoms with Gasteiger partial charge in [0.2, 0.25) is 5.91 Å². The molecule has 1 fully saturated rings. The van der Waals surface area contributed by atoms with Gasteiger partial charge < -0.3 is 20.5 Å². The number of amides is 1. The van der Waals surface area contributed by atoms with E-state index in [-0.39, 0.29) is 17.8 Å². The molecule has 2 rings (SSSR count). The highest BCUT2D eigenvalue weighted by molar-refractivity contribution is 5.81. The van der Waals surface area contributed by atoms with Crippen LogP contribution in [-0.4, -0.2) is 38.3 Å². The lowest BCUT2D eigenvalue weighted by Gasteiger charge is -2.12. The first kappa shape index (κ1) is 15.7. The minimum absolute atomic E-state index is 0.0172. The Morgan fingerprint density at radius 1 is 1.52 bits per heavy atom. The summed E-state index contributed by atoms with van der Waals surface area (Å²) in [5, 5.41) is 2.81. The van der Waals surface area contributed by atoms with Gasteiger partial charge in [-0.15, -0.1) is 0 Å². The van der Waals surface area contributed by atoms with Gasteiger partial charge in [-0.25, -0.2) is 4.39 Å². The summed E-state index contributed by atoms with van der Waals surface area (Å²) in [4.78, 5) is 11.9. The third-order valence-electron chi connectivity index (χ3n) is 3.59. The normalized spacial score (nSPS) is 21.3. The van der Waals surface area contributed by atoms with Gasteiger partial charge in [0, 0.05) is 13.1 Å². The molecule has 0 radical (unpaired) electrons. The lowest BCUT2D eigenvalue weighted by molar-refractivity contribution is -0.131. The molecule has 0 aliphatic carbocycles. The maximum atomic E-state index is 13.5. The standard InChI is InChI=1S/C15H21FN2O3/c1-20-13-4-2-10(8-12(13)16)6-7-18-15(19)14-5-3-11(9-17)21-14/h2,4,8,11,14H,3,5-7,9,17H2,1H3,(H,18,19)/t11-,14+/m1/s1. The second-order valence-corrected chi connectivity index (χ2v) is 5.07. The minimum atomic E-state index is -0.411. The van der Waals surface area contributed by atoms with E-state index in [1.54, 1.807) is 12.1 Å². The van der Waals surface area contributed by atoms with Gasteiger partial charge in [-0.2, -0.15) is 0 Å². The first-order chi connectivity index (χ1) is 10.1. The molecule has 1 amide bonds. The fraction of sp³-hybridized carbons (Fsp3) is 0.533. The molecule has 5 nitrogen and oxygen atoms in total. The van der Waals surface area contributed by atoms with Crippen molar-refractivity contribution in [2.75, 3.05) is 20.2 Å². The smallest absolute Gasteiger partial charge is 0.249 e. The lowest BCUT2D eigenvalue weighted by atomic mass is 10.1. The Morgan fingerprint density at radius 2 is 2.33 bits per heavy atom. The lowest BCUT2D eigenvalue weighted by Crippen LogP contribution is -2.36. The predicted molar refractivity (Wildman–Crippen MR) is 76.6 cm³/mol. The number of halogens is 1. The zero-order valence-electron chi connectivity index (χ0n) is 12.1. The molecule has 0 aromatic heterocycles. The highest BCUT2D eigenvalue weighted by atomic mass is 19.1. The van der Waals surface area contributed by atoms with E-state index in [4.69, 9.17) is 15.2 Å². The van der Waals surface area contributed by atoms with Gasteiger partial charge in [0.05, 0.1) is 13.2 Å². The summed E-state index contributed by atoms with van der Waals surface area (Å²) in [5.41, 5.74) is 6.31. The third kappa shape index (κ3) is 4.15. The van der Waals surface area contributed by atoms with Crippen LogP contribution in [0.5, 0.6) is 5.75 Å². The molecule has 0 bridgehead atoms. The molecule has 0 saturated carbocycles. The molecular formula is C15H21FN2O3. The molecule has 116 valence electrons. The van der Waals surface area contributed by atoms with Crippen molar-refractivity contribution in [3.05, 3.63) is 29.6 Å². The van der Waals surface area contributed by atoms with Gasteiger partial charge in [-0.3, -0.25) is 4.79 Å². The number of nitrogens with two attached hydrogens (primary N) is 1. The Morgan fingerprint density at radius 3 is 2.95 bits per heavy atom. The van der Waals surface area contributed by atoms with Crippen molar-refractivity contribution < 1.29 is 18.7 Å². The number of nitrogens with one attached hydrogen (secondary N) is 1. The number of methoxy groups -OCH3 is 1. The zero-order valence-corrected chi connectivity index (χ0v) is 12.1. The predicted octanol–water partition coefficient (Wildman–Crippen LogP) is 0.999. The third-order valence-corrected chi connectivity index (χ3v) is 3.59. The molecule has 1 aromatic rings. The molecule has 0 spiro atoms. The van der Waals surface area contributed by atoms with Crippen LogP contribution in [0.15, 0.2) is 18.2 Å². The fourth-order valence-corrected chi connectivity index (χ4v) is 2.38. The van der Waals surface area contributed by atoms with Crippen molar-refractivity contribution in [1.29, 1.82) is 0 Å². The topological polar surface area (TPSA) is 73.6 Å². The van der Waals surface area contributed by atoms with E-state index in [0.717, 1.165) is 12.0 Å². The average Bonchev–Trinajstić information content (AvgIpc) is 2.96. The summed E-state index contributed by atoms with van der Waals surface area (Å²) >= 11 is 0. The number of hydrogen-bond acceptors (Lipinski definition) is 4. The highest BCUT2D eigenvalue weighted by Gasteiger charge is 2.29. The molecule has 1 aromatic carbocycles. The van der Waals surface area contributed by atoms with Gasteiger partial charge in [0.15, 0.2) is 11.6 Å². The summed E-state index contributed by atoms with van der Waals surface area (Å²) < 4.78 is 23.9. The van der Waals surface area contributed by atoms with Gasteiger partial charge >= 0.3 is 0 Å². The van der Waals surface area contributed by atoms with Crippen LogP contribution in [0, 0.1) is 5.82 Å². The van der Waals surface area contributed by atoms with Gasteiger partial charge in [-0.1, -0.05) is 6.07 Å². The number of carbonyl (C=O) groups is 1. The molecular weight excluding hydrogens is 275 g/mol.